The fourth-order valence-electron chi connectivity index (χ4n) is 1.74. The topological polar surface area (TPSA) is 35.5 Å². The number of aryl methyl sites for hydroxylation is 1. The SMILES string of the molecule is Cc1ccccc1COc1ccccc1OCC=O. The van der Waals surface area contributed by atoms with Crippen molar-refractivity contribution in [2.24, 2.45) is 0 Å². The standard InChI is InChI=1S/C16H16O3/c1-13-6-2-3-7-14(13)12-19-16-9-5-4-8-15(16)18-11-10-17/h2-10H,11-12H2,1H3. The van der Waals surface area contributed by atoms with E-state index in [1.54, 1.807) is 6.07 Å². The van der Waals surface area contributed by atoms with Crippen molar-refractivity contribution in [2.45, 2.75) is 13.5 Å². The lowest BCUT2D eigenvalue weighted by atomic mass is 10.1. The number of carbonyl (C=O) groups is 1. The summed E-state index contributed by atoms with van der Waals surface area (Å²) in [6, 6.07) is 15.4. The maximum absolute atomic E-state index is 10.3. The summed E-state index contributed by atoms with van der Waals surface area (Å²) >= 11 is 0. The fraction of sp³-hybridized carbons (Fsp3) is 0.188. The molecule has 0 unspecified atom stereocenters. The molecule has 2 aromatic rings. The minimum atomic E-state index is 0.0325. The van der Waals surface area contributed by atoms with Gasteiger partial charge >= 0.3 is 0 Å². The summed E-state index contributed by atoms with van der Waals surface area (Å²) in [4.78, 5) is 10.3. The van der Waals surface area contributed by atoms with Crippen molar-refractivity contribution < 1.29 is 14.3 Å². The predicted molar refractivity (Wildman–Crippen MR) is 73.5 cm³/mol. The molecular weight excluding hydrogens is 240 g/mol. The van der Waals surface area contributed by atoms with Crippen LogP contribution in [0.1, 0.15) is 11.1 Å². The van der Waals surface area contributed by atoms with E-state index in [4.69, 9.17) is 9.47 Å². The molecule has 3 heteroatoms. The van der Waals surface area contributed by atoms with Crippen LogP contribution in [-0.4, -0.2) is 12.9 Å². The van der Waals surface area contributed by atoms with Crippen LogP contribution < -0.4 is 9.47 Å². The molecule has 3 nitrogen and oxygen atoms in total. The number of para-hydroxylation sites is 2. The van der Waals surface area contributed by atoms with E-state index >= 15 is 0 Å². The second-order valence-electron chi connectivity index (χ2n) is 4.14. The average molecular weight is 256 g/mol. The summed E-state index contributed by atoms with van der Waals surface area (Å²) in [6.45, 7) is 2.56. The van der Waals surface area contributed by atoms with Gasteiger partial charge in [0.15, 0.2) is 17.8 Å². The Balaban J connectivity index is 2.07. The minimum Gasteiger partial charge on any atom is -0.485 e. The van der Waals surface area contributed by atoms with Crippen LogP contribution in [0.5, 0.6) is 11.5 Å². The first-order valence-electron chi connectivity index (χ1n) is 6.14. The summed E-state index contributed by atoms with van der Waals surface area (Å²) in [5.41, 5.74) is 2.32. The van der Waals surface area contributed by atoms with Gasteiger partial charge in [-0.2, -0.15) is 0 Å². The lowest BCUT2D eigenvalue weighted by Crippen LogP contribution is -2.02. The van der Waals surface area contributed by atoms with Gasteiger partial charge in [0.1, 0.15) is 13.2 Å². The maximum Gasteiger partial charge on any atom is 0.161 e. The lowest BCUT2D eigenvalue weighted by Gasteiger charge is -2.12. The van der Waals surface area contributed by atoms with Gasteiger partial charge in [-0.05, 0) is 30.2 Å². The van der Waals surface area contributed by atoms with Crippen LogP contribution >= 0.6 is 0 Å². The van der Waals surface area contributed by atoms with Crippen LogP contribution in [0.4, 0.5) is 0 Å². The molecule has 19 heavy (non-hydrogen) atoms. The molecule has 0 amide bonds. The molecule has 0 spiro atoms. The first-order chi connectivity index (χ1) is 9.31. The van der Waals surface area contributed by atoms with Gasteiger partial charge in [0.05, 0.1) is 0 Å². The minimum absolute atomic E-state index is 0.0325. The fourth-order valence-corrected chi connectivity index (χ4v) is 1.74. The Morgan fingerprint density at radius 3 is 2.26 bits per heavy atom. The normalized spacial score (nSPS) is 9.95. The second kappa shape index (κ2) is 6.59. The summed E-state index contributed by atoms with van der Waals surface area (Å²) in [6.07, 6.45) is 0.720. The Morgan fingerprint density at radius 1 is 0.947 bits per heavy atom. The van der Waals surface area contributed by atoms with Crippen molar-refractivity contribution in [3.8, 4) is 11.5 Å². The number of aldehydes is 1. The molecule has 2 rings (SSSR count). The van der Waals surface area contributed by atoms with E-state index in [1.165, 1.54) is 5.56 Å². The van der Waals surface area contributed by atoms with E-state index in [2.05, 4.69) is 0 Å². The van der Waals surface area contributed by atoms with Gasteiger partial charge in [-0.25, -0.2) is 0 Å². The van der Waals surface area contributed by atoms with Crippen molar-refractivity contribution in [2.75, 3.05) is 6.61 Å². The van der Waals surface area contributed by atoms with E-state index in [0.29, 0.717) is 18.1 Å². The van der Waals surface area contributed by atoms with E-state index in [0.717, 1.165) is 11.8 Å². The van der Waals surface area contributed by atoms with Gasteiger partial charge in [-0.1, -0.05) is 36.4 Å². The Bertz CT molecular complexity index is 549. The zero-order chi connectivity index (χ0) is 13.5. The summed E-state index contributed by atoms with van der Waals surface area (Å²) in [5, 5.41) is 0. The van der Waals surface area contributed by atoms with Gasteiger partial charge < -0.3 is 9.47 Å². The number of hydrogen-bond donors (Lipinski definition) is 0. The van der Waals surface area contributed by atoms with E-state index in [1.807, 2.05) is 49.4 Å². The Hall–Kier alpha value is -2.29. The third kappa shape index (κ3) is 3.58. The van der Waals surface area contributed by atoms with Gasteiger partial charge in [-0.3, -0.25) is 4.79 Å². The van der Waals surface area contributed by atoms with Gasteiger partial charge in [0.25, 0.3) is 0 Å². The second-order valence-corrected chi connectivity index (χ2v) is 4.14. The molecule has 0 heterocycles. The van der Waals surface area contributed by atoms with Crippen LogP contribution in [0.15, 0.2) is 48.5 Å². The number of carbonyl (C=O) groups excluding carboxylic acids is 1. The molecule has 2 aromatic carbocycles. The van der Waals surface area contributed by atoms with Crippen molar-refractivity contribution >= 4 is 6.29 Å². The highest BCUT2D eigenvalue weighted by molar-refractivity contribution is 5.52. The molecule has 98 valence electrons. The van der Waals surface area contributed by atoms with E-state index in [9.17, 15) is 4.79 Å². The molecule has 0 aliphatic rings. The van der Waals surface area contributed by atoms with Gasteiger partial charge in [-0.15, -0.1) is 0 Å². The predicted octanol–water partition coefficient (Wildman–Crippen LogP) is 3.15. The molecule has 0 fully saturated rings. The first-order valence-corrected chi connectivity index (χ1v) is 6.14. The summed E-state index contributed by atoms with van der Waals surface area (Å²) in [7, 11) is 0. The number of hydrogen-bond acceptors (Lipinski definition) is 3. The van der Waals surface area contributed by atoms with Crippen molar-refractivity contribution in [3.63, 3.8) is 0 Å². The molecule has 0 bridgehead atoms. The molecule has 0 aliphatic heterocycles. The van der Waals surface area contributed by atoms with Crippen molar-refractivity contribution in [1.82, 2.24) is 0 Å². The van der Waals surface area contributed by atoms with Crippen molar-refractivity contribution in [3.05, 3.63) is 59.7 Å². The van der Waals surface area contributed by atoms with Crippen LogP contribution in [0, 0.1) is 6.92 Å². The van der Waals surface area contributed by atoms with Crippen LogP contribution in [0.3, 0.4) is 0 Å². The van der Waals surface area contributed by atoms with Crippen molar-refractivity contribution in [1.29, 1.82) is 0 Å². The number of rotatable bonds is 6. The van der Waals surface area contributed by atoms with Crippen LogP contribution in [0.2, 0.25) is 0 Å². The Labute approximate surface area is 112 Å². The maximum atomic E-state index is 10.3. The van der Waals surface area contributed by atoms with Gasteiger partial charge in [0, 0.05) is 0 Å². The molecule has 0 N–H and O–H groups in total. The highest BCUT2D eigenvalue weighted by Crippen LogP contribution is 2.27. The highest BCUT2D eigenvalue weighted by Gasteiger charge is 2.05. The molecular formula is C16H16O3. The zero-order valence-corrected chi connectivity index (χ0v) is 10.8. The molecule has 0 aliphatic carbocycles. The summed E-state index contributed by atoms with van der Waals surface area (Å²) < 4.78 is 11.1. The largest absolute Gasteiger partial charge is 0.485 e. The Kier molecular flexibility index (Phi) is 4.56. The number of benzene rings is 2. The van der Waals surface area contributed by atoms with E-state index < -0.39 is 0 Å². The van der Waals surface area contributed by atoms with Gasteiger partial charge in [0.2, 0.25) is 0 Å². The Morgan fingerprint density at radius 2 is 1.58 bits per heavy atom. The molecule has 0 atom stereocenters. The smallest absolute Gasteiger partial charge is 0.161 e. The number of ether oxygens (including phenoxy) is 2. The molecule has 0 aromatic heterocycles. The average Bonchev–Trinajstić information content (AvgIpc) is 2.45. The highest BCUT2D eigenvalue weighted by atomic mass is 16.5. The quantitative estimate of drug-likeness (QED) is 0.745. The zero-order valence-electron chi connectivity index (χ0n) is 10.8. The molecule has 0 radical (unpaired) electrons. The molecule has 0 saturated heterocycles. The third-order valence-electron chi connectivity index (χ3n) is 2.80. The lowest BCUT2D eigenvalue weighted by molar-refractivity contribution is -0.109. The summed E-state index contributed by atoms with van der Waals surface area (Å²) in [5.74, 6) is 1.23. The monoisotopic (exact) mass is 256 g/mol. The first kappa shape index (κ1) is 13.1. The molecule has 0 saturated carbocycles. The third-order valence-corrected chi connectivity index (χ3v) is 2.80. The van der Waals surface area contributed by atoms with E-state index in [-0.39, 0.29) is 6.61 Å². The van der Waals surface area contributed by atoms with Crippen LogP contribution in [0.25, 0.3) is 0 Å². The van der Waals surface area contributed by atoms with Crippen LogP contribution in [-0.2, 0) is 11.4 Å².